The predicted octanol–water partition coefficient (Wildman–Crippen LogP) is 8.26. The van der Waals surface area contributed by atoms with Crippen LogP contribution in [0.2, 0.25) is 0 Å². The molecule has 1 aromatic heterocycles. The number of para-hydroxylation sites is 1. The van der Waals surface area contributed by atoms with Crippen LogP contribution in [-0.2, 0) is 27.9 Å². The molecule has 1 heterocycles. The molecule has 1 aliphatic carbocycles. The van der Waals surface area contributed by atoms with Gasteiger partial charge in [-0.05, 0) is 60.1 Å². The van der Waals surface area contributed by atoms with Crippen LogP contribution in [0, 0.1) is 43.9 Å². The molecular weight excluding hydrogens is 644 g/mol. The fourth-order valence-corrected chi connectivity index (χ4v) is 5.44. The Morgan fingerprint density at radius 2 is 1.26 bits per heavy atom. The average Bonchev–Trinajstić information content (AvgIpc) is 2.99. The Kier molecular flexibility index (Phi) is 12.2. The SMILES string of the molecule is CC1C(C)C(C)C(C)C1C.Cc1ccc(S(=O)(=O)[N-]c2cccc3cccnc23)cc1.[CH3-].[Cl][Ir+2]. The van der Waals surface area contributed by atoms with Crippen molar-refractivity contribution < 1.29 is 26.3 Å². The van der Waals surface area contributed by atoms with Crippen LogP contribution >= 0.6 is 9.58 Å². The van der Waals surface area contributed by atoms with Crippen LogP contribution in [0.5, 0.6) is 0 Å². The van der Waals surface area contributed by atoms with Crippen molar-refractivity contribution in [2.75, 3.05) is 0 Å². The summed E-state index contributed by atoms with van der Waals surface area (Å²) in [7, 11) is 0.902. The molecule has 0 spiro atoms. The molecule has 4 rings (SSSR count). The summed E-state index contributed by atoms with van der Waals surface area (Å²) in [5.41, 5.74) is 1.94. The molecular formula is C27H36ClIrN2O2S. The van der Waals surface area contributed by atoms with E-state index >= 15 is 0 Å². The van der Waals surface area contributed by atoms with Crippen LogP contribution in [0.25, 0.3) is 15.6 Å². The minimum atomic E-state index is -3.74. The van der Waals surface area contributed by atoms with E-state index < -0.39 is 10.0 Å². The maximum absolute atomic E-state index is 12.4. The van der Waals surface area contributed by atoms with E-state index in [4.69, 9.17) is 0 Å². The number of sulfonamides is 1. The molecule has 0 bridgehead atoms. The zero-order valence-corrected chi connectivity index (χ0v) is 25.0. The van der Waals surface area contributed by atoms with Crippen LogP contribution in [0.1, 0.15) is 40.2 Å². The van der Waals surface area contributed by atoms with E-state index in [-0.39, 0.29) is 12.3 Å². The molecule has 1 fully saturated rings. The van der Waals surface area contributed by atoms with E-state index in [0.717, 1.165) is 40.5 Å². The van der Waals surface area contributed by atoms with Gasteiger partial charge in [0.1, 0.15) is 10.0 Å². The Morgan fingerprint density at radius 3 is 1.76 bits per heavy atom. The van der Waals surface area contributed by atoms with Gasteiger partial charge >= 0.3 is 27.5 Å². The number of hydrogen-bond donors (Lipinski definition) is 0. The molecule has 1 aliphatic rings. The quantitative estimate of drug-likeness (QED) is 0.262. The summed E-state index contributed by atoms with van der Waals surface area (Å²) in [6.07, 6.45) is 1.62. The molecule has 0 unspecified atom stereocenters. The third-order valence-corrected chi connectivity index (χ3v) is 8.60. The van der Waals surface area contributed by atoms with Crippen LogP contribution < -0.4 is 0 Å². The standard InChI is InChI=1S/C16H13N2O2S.C10H20.CH3.ClH.Ir/c1-12-7-9-14(10-8-12)21(19,20)18-15-6-2-4-13-5-3-11-17-16(13)15;1-6-7(2)9(4)10(5)8(6)3;;;/h2-11H,1H3;6-10H,1-5H3;1H3;1H;/q-1;;-1;;+3/p-1. The molecule has 0 saturated heterocycles. The second-order valence-corrected chi connectivity index (χ2v) is 10.6. The Hall–Kier alpha value is -1.46. The van der Waals surface area contributed by atoms with Crippen LogP contribution in [0.3, 0.4) is 0 Å². The Labute approximate surface area is 221 Å². The summed E-state index contributed by atoms with van der Waals surface area (Å²) in [5.74, 6) is 4.68. The van der Waals surface area contributed by atoms with Gasteiger partial charge in [0.25, 0.3) is 0 Å². The minimum absolute atomic E-state index is 0. The first kappa shape index (κ1) is 30.6. The molecule has 0 amide bonds. The van der Waals surface area contributed by atoms with Gasteiger partial charge in [-0.3, -0.25) is 4.98 Å². The van der Waals surface area contributed by atoms with Crippen molar-refractivity contribution >= 4 is 36.2 Å². The van der Waals surface area contributed by atoms with Crippen molar-refractivity contribution in [2.24, 2.45) is 29.6 Å². The predicted molar refractivity (Wildman–Crippen MR) is 141 cm³/mol. The number of rotatable bonds is 3. The van der Waals surface area contributed by atoms with Gasteiger partial charge in [0.15, 0.2) is 0 Å². The van der Waals surface area contributed by atoms with Crippen molar-refractivity contribution in [3.8, 4) is 0 Å². The number of pyridine rings is 1. The molecule has 34 heavy (non-hydrogen) atoms. The average molecular weight is 680 g/mol. The van der Waals surface area contributed by atoms with E-state index in [2.05, 4.69) is 53.9 Å². The first-order valence-corrected chi connectivity index (χ1v) is 15.5. The molecule has 1 saturated carbocycles. The molecule has 7 heteroatoms. The van der Waals surface area contributed by atoms with E-state index in [0.29, 0.717) is 11.2 Å². The molecule has 0 atom stereocenters. The van der Waals surface area contributed by atoms with Crippen molar-refractivity contribution in [1.29, 1.82) is 0 Å². The summed E-state index contributed by atoms with van der Waals surface area (Å²) in [5, 5.41) is 0.859. The summed E-state index contributed by atoms with van der Waals surface area (Å²) in [6, 6.07) is 15.6. The number of aryl methyl sites for hydroxylation is 1. The Bertz CT molecular complexity index is 1090. The Morgan fingerprint density at radius 1 is 0.794 bits per heavy atom. The van der Waals surface area contributed by atoms with Gasteiger partial charge in [-0.2, -0.15) is 0 Å². The second kappa shape index (κ2) is 13.6. The number of benzene rings is 2. The van der Waals surface area contributed by atoms with Gasteiger partial charge in [0.05, 0.1) is 10.4 Å². The van der Waals surface area contributed by atoms with Gasteiger partial charge in [0, 0.05) is 6.20 Å². The number of aromatic nitrogens is 1. The molecule has 0 radical (unpaired) electrons. The number of halogens is 1. The maximum atomic E-state index is 12.4. The summed E-state index contributed by atoms with van der Waals surface area (Å²) >= 11 is 1.47. The molecule has 2 aromatic carbocycles. The van der Waals surface area contributed by atoms with Crippen LogP contribution in [0.15, 0.2) is 65.7 Å². The van der Waals surface area contributed by atoms with Crippen LogP contribution in [-0.4, -0.2) is 13.4 Å². The summed E-state index contributed by atoms with van der Waals surface area (Å²) < 4.78 is 28.7. The first-order chi connectivity index (χ1) is 15.6. The monoisotopic (exact) mass is 680 g/mol. The molecule has 0 N–H and O–H groups in total. The fraction of sp³-hybridized carbons (Fsp3) is 0.407. The van der Waals surface area contributed by atoms with E-state index in [1.54, 1.807) is 48.7 Å². The molecule has 3 aromatic rings. The van der Waals surface area contributed by atoms with E-state index in [9.17, 15) is 8.42 Å². The van der Waals surface area contributed by atoms with Crippen molar-refractivity contribution in [2.45, 2.75) is 46.4 Å². The zero-order chi connectivity index (χ0) is 24.8. The van der Waals surface area contributed by atoms with Gasteiger partial charge < -0.3 is 12.1 Å². The molecule has 0 aliphatic heterocycles. The third kappa shape index (κ3) is 7.27. The topological polar surface area (TPSA) is 61.1 Å². The van der Waals surface area contributed by atoms with Gasteiger partial charge in [-0.1, -0.05) is 76.6 Å². The van der Waals surface area contributed by atoms with Gasteiger partial charge in [-0.25, -0.2) is 8.42 Å². The zero-order valence-electron chi connectivity index (χ0n) is 21.0. The van der Waals surface area contributed by atoms with E-state index in [1.165, 1.54) is 17.9 Å². The van der Waals surface area contributed by atoms with Crippen molar-refractivity contribution in [3.63, 3.8) is 0 Å². The van der Waals surface area contributed by atoms with Crippen LogP contribution in [0.4, 0.5) is 5.69 Å². The summed E-state index contributed by atoms with van der Waals surface area (Å²) in [4.78, 5) is 4.40. The van der Waals surface area contributed by atoms with Crippen molar-refractivity contribution in [1.82, 2.24) is 4.98 Å². The second-order valence-electron chi connectivity index (χ2n) is 9.03. The number of hydrogen-bond acceptors (Lipinski definition) is 3. The van der Waals surface area contributed by atoms with E-state index in [1.807, 2.05) is 19.1 Å². The normalized spacial score (nSPS) is 23.6. The summed E-state index contributed by atoms with van der Waals surface area (Å²) in [6.45, 7) is 13.9. The molecule has 188 valence electrons. The third-order valence-electron chi connectivity index (χ3n) is 7.30. The number of fused-ring (bicyclic) bond motifs is 1. The molecule has 4 nitrogen and oxygen atoms in total. The van der Waals surface area contributed by atoms with Gasteiger partial charge in [0.2, 0.25) is 0 Å². The Balaban J connectivity index is 0.000000377. The fourth-order valence-electron chi connectivity index (χ4n) is 4.45. The van der Waals surface area contributed by atoms with Gasteiger partial charge in [-0.15, -0.1) is 5.69 Å². The number of nitrogens with zero attached hydrogens (tertiary/aromatic N) is 2. The first-order valence-electron chi connectivity index (χ1n) is 11.1. The van der Waals surface area contributed by atoms with Crippen molar-refractivity contribution in [3.05, 3.63) is 78.5 Å².